The molecule has 0 radical (unpaired) electrons. The molecule has 0 bridgehead atoms. The number of rotatable bonds is 6. The summed E-state index contributed by atoms with van der Waals surface area (Å²) in [5.41, 5.74) is 0. The van der Waals surface area contributed by atoms with Gasteiger partial charge in [-0.3, -0.25) is 4.79 Å². The molecule has 2 fully saturated rings. The second kappa shape index (κ2) is 7.89. The molecule has 1 aromatic carbocycles. The number of nitrogens with zero attached hydrogens (tertiary/aromatic N) is 2. The topological polar surface area (TPSA) is 76.2 Å². The van der Waals surface area contributed by atoms with Crippen LogP contribution in [0.5, 0.6) is 5.75 Å². The van der Waals surface area contributed by atoms with E-state index in [1.54, 1.807) is 9.21 Å². The summed E-state index contributed by atoms with van der Waals surface area (Å²) in [4.78, 5) is 13.8. The van der Waals surface area contributed by atoms with E-state index >= 15 is 0 Å². The first-order valence-electron chi connectivity index (χ1n) is 8.57. The molecular formula is C17H23FN2O5S. The molecule has 9 heteroatoms. The van der Waals surface area contributed by atoms with E-state index < -0.39 is 10.0 Å². The zero-order valence-electron chi connectivity index (χ0n) is 14.6. The molecule has 3 rings (SSSR count). The molecule has 2 heterocycles. The van der Waals surface area contributed by atoms with Gasteiger partial charge in [0.2, 0.25) is 10.0 Å². The van der Waals surface area contributed by atoms with Crippen molar-refractivity contribution in [3.8, 4) is 5.75 Å². The van der Waals surface area contributed by atoms with Crippen LogP contribution in [-0.4, -0.2) is 74.8 Å². The molecule has 0 aliphatic carbocycles. The molecule has 0 N–H and O–H groups in total. The maximum absolute atomic E-state index is 12.9. The van der Waals surface area contributed by atoms with Gasteiger partial charge in [-0.1, -0.05) is 0 Å². The monoisotopic (exact) mass is 386 g/mol. The summed E-state index contributed by atoms with van der Waals surface area (Å²) in [6.45, 7) is 1.66. The van der Waals surface area contributed by atoms with Gasteiger partial charge in [-0.15, -0.1) is 0 Å². The summed E-state index contributed by atoms with van der Waals surface area (Å²) >= 11 is 0. The maximum Gasteiger partial charge on any atom is 0.260 e. The van der Waals surface area contributed by atoms with Crippen LogP contribution in [0.2, 0.25) is 0 Å². The molecule has 7 nitrogen and oxygen atoms in total. The van der Waals surface area contributed by atoms with Crippen LogP contribution in [0.15, 0.2) is 24.3 Å². The SMILES string of the molecule is CS(=O)(=O)N(C1CCOCC1)C1CN(C(=O)COc2ccc(F)cc2)C1. The fraction of sp³-hybridized carbons (Fsp3) is 0.588. The van der Waals surface area contributed by atoms with Gasteiger partial charge >= 0.3 is 0 Å². The summed E-state index contributed by atoms with van der Waals surface area (Å²) in [6.07, 6.45) is 2.56. The van der Waals surface area contributed by atoms with Crippen LogP contribution in [0.1, 0.15) is 12.8 Å². The Labute approximate surface area is 152 Å². The van der Waals surface area contributed by atoms with Crippen LogP contribution >= 0.6 is 0 Å². The first-order valence-corrected chi connectivity index (χ1v) is 10.4. The Balaban J connectivity index is 1.52. The van der Waals surface area contributed by atoms with Crippen molar-refractivity contribution in [2.45, 2.75) is 24.9 Å². The van der Waals surface area contributed by atoms with Gasteiger partial charge in [0, 0.05) is 32.3 Å². The van der Waals surface area contributed by atoms with Gasteiger partial charge in [-0.25, -0.2) is 12.8 Å². The Morgan fingerprint density at radius 1 is 1.23 bits per heavy atom. The lowest BCUT2D eigenvalue weighted by atomic mass is 10.0. The van der Waals surface area contributed by atoms with Crippen molar-refractivity contribution in [1.29, 1.82) is 0 Å². The summed E-state index contributed by atoms with van der Waals surface area (Å²) in [5.74, 6) is -0.175. The van der Waals surface area contributed by atoms with E-state index in [-0.39, 0.29) is 30.4 Å². The van der Waals surface area contributed by atoms with Crippen molar-refractivity contribution >= 4 is 15.9 Å². The van der Waals surface area contributed by atoms with Crippen LogP contribution in [0.3, 0.4) is 0 Å². The molecule has 0 unspecified atom stereocenters. The minimum absolute atomic E-state index is 0.0727. The van der Waals surface area contributed by atoms with E-state index in [1.165, 1.54) is 30.5 Å². The summed E-state index contributed by atoms with van der Waals surface area (Å²) < 4.78 is 49.5. The number of ether oxygens (including phenoxy) is 2. The van der Waals surface area contributed by atoms with Crippen molar-refractivity contribution in [2.24, 2.45) is 0 Å². The predicted molar refractivity (Wildman–Crippen MR) is 92.8 cm³/mol. The first-order chi connectivity index (χ1) is 12.3. The molecule has 0 spiro atoms. The number of sulfonamides is 1. The van der Waals surface area contributed by atoms with Crippen LogP contribution < -0.4 is 4.74 Å². The summed E-state index contributed by atoms with van der Waals surface area (Å²) in [6, 6.07) is 5.16. The van der Waals surface area contributed by atoms with Crippen molar-refractivity contribution in [2.75, 3.05) is 39.2 Å². The predicted octanol–water partition coefficient (Wildman–Crippen LogP) is 0.856. The minimum Gasteiger partial charge on any atom is -0.484 e. The molecule has 1 aromatic rings. The zero-order chi connectivity index (χ0) is 18.7. The number of carbonyl (C=O) groups is 1. The Kier molecular flexibility index (Phi) is 5.79. The highest BCUT2D eigenvalue weighted by atomic mass is 32.2. The molecule has 144 valence electrons. The number of halogens is 1. The third-order valence-corrected chi connectivity index (χ3v) is 6.05. The Morgan fingerprint density at radius 3 is 2.42 bits per heavy atom. The highest BCUT2D eigenvalue weighted by molar-refractivity contribution is 7.88. The second-order valence-electron chi connectivity index (χ2n) is 6.63. The van der Waals surface area contributed by atoms with Gasteiger partial charge in [0.25, 0.3) is 5.91 Å². The lowest BCUT2D eigenvalue weighted by Crippen LogP contribution is -2.65. The number of carbonyl (C=O) groups excluding carboxylic acids is 1. The van der Waals surface area contributed by atoms with Crippen molar-refractivity contribution < 1.29 is 27.1 Å². The van der Waals surface area contributed by atoms with Crippen LogP contribution in [0.4, 0.5) is 4.39 Å². The lowest BCUT2D eigenvalue weighted by molar-refractivity contribution is -0.140. The highest BCUT2D eigenvalue weighted by Gasteiger charge is 2.42. The molecule has 0 atom stereocenters. The minimum atomic E-state index is -3.36. The van der Waals surface area contributed by atoms with Crippen molar-refractivity contribution in [3.63, 3.8) is 0 Å². The van der Waals surface area contributed by atoms with Gasteiger partial charge in [0.1, 0.15) is 11.6 Å². The number of hydrogen-bond donors (Lipinski definition) is 0. The number of hydrogen-bond acceptors (Lipinski definition) is 5. The third-order valence-electron chi connectivity index (χ3n) is 4.68. The van der Waals surface area contributed by atoms with E-state index in [4.69, 9.17) is 9.47 Å². The molecule has 2 aliphatic heterocycles. The van der Waals surface area contributed by atoms with Gasteiger partial charge in [-0.05, 0) is 37.1 Å². The van der Waals surface area contributed by atoms with E-state index in [2.05, 4.69) is 0 Å². The lowest BCUT2D eigenvalue weighted by Gasteiger charge is -2.47. The second-order valence-corrected chi connectivity index (χ2v) is 8.52. The van der Waals surface area contributed by atoms with Crippen LogP contribution in [0, 0.1) is 5.82 Å². The average Bonchev–Trinajstić information content (AvgIpc) is 2.56. The Bertz CT molecular complexity index is 728. The quantitative estimate of drug-likeness (QED) is 0.725. The molecule has 0 saturated carbocycles. The molecule has 1 amide bonds. The Morgan fingerprint density at radius 2 is 1.85 bits per heavy atom. The van der Waals surface area contributed by atoms with Crippen molar-refractivity contribution in [3.05, 3.63) is 30.1 Å². The van der Waals surface area contributed by atoms with E-state index in [1.807, 2.05) is 0 Å². The van der Waals surface area contributed by atoms with Gasteiger partial charge < -0.3 is 14.4 Å². The number of benzene rings is 1. The normalized spacial score (nSPS) is 19.4. The molecule has 2 saturated heterocycles. The third kappa shape index (κ3) is 4.52. The first kappa shape index (κ1) is 19.1. The molecule has 0 aromatic heterocycles. The van der Waals surface area contributed by atoms with E-state index in [9.17, 15) is 17.6 Å². The fourth-order valence-electron chi connectivity index (χ4n) is 3.37. The highest BCUT2D eigenvalue weighted by Crippen LogP contribution is 2.26. The molecule has 2 aliphatic rings. The standard InChI is InChI=1S/C17H23FN2O5S/c1-26(22,23)20(14-6-8-24-9-7-14)15-10-19(11-15)17(21)12-25-16-4-2-13(18)3-5-16/h2-5,14-15H,6-12H2,1H3. The molecular weight excluding hydrogens is 363 g/mol. The zero-order valence-corrected chi connectivity index (χ0v) is 15.5. The van der Waals surface area contributed by atoms with Gasteiger partial charge in [0.05, 0.1) is 12.3 Å². The average molecular weight is 386 g/mol. The van der Waals surface area contributed by atoms with Gasteiger partial charge in [-0.2, -0.15) is 4.31 Å². The number of likely N-dealkylation sites (tertiary alicyclic amines) is 1. The van der Waals surface area contributed by atoms with Crippen LogP contribution in [-0.2, 0) is 19.6 Å². The fourth-order valence-corrected chi connectivity index (χ4v) is 4.79. The number of amides is 1. The van der Waals surface area contributed by atoms with Crippen LogP contribution in [0.25, 0.3) is 0 Å². The smallest absolute Gasteiger partial charge is 0.260 e. The summed E-state index contributed by atoms with van der Waals surface area (Å²) in [7, 11) is -3.36. The van der Waals surface area contributed by atoms with Gasteiger partial charge in [0.15, 0.2) is 6.61 Å². The van der Waals surface area contributed by atoms with E-state index in [0.29, 0.717) is 44.9 Å². The van der Waals surface area contributed by atoms with Crippen molar-refractivity contribution in [1.82, 2.24) is 9.21 Å². The van der Waals surface area contributed by atoms with E-state index in [0.717, 1.165) is 0 Å². The summed E-state index contributed by atoms with van der Waals surface area (Å²) in [5, 5.41) is 0. The maximum atomic E-state index is 12.9. The Hall–Kier alpha value is -1.71. The largest absolute Gasteiger partial charge is 0.484 e. The molecule has 26 heavy (non-hydrogen) atoms.